The maximum absolute atomic E-state index is 13.3. The van der Waals surface area contributed by atoms with E-state index in [1.54, 1.807) is 14.2 Å². The van der Waals surface area contributed by atoms with Crippen molar-refractivity contribution in [1.29, 1.82) is 0 Å². The van der Waals surface area contributed by atoms with Crippen LogP contribution in [0.1, 0.15) is 21.5 Å². The van der Waals surface area contributed by atoms with Crippen LogP contribution < -0.4 is 20.1 Å². The number of para-hydroxylation sites is 2. The van der Waals surface area contributed by atoms with Crippen LogP contribution in [0.3, 0.4) is 0 Å². The van der Waals surface area contributed by atoms with Gasteiger partial charge in [-0.2, -0.15) is 9.67 Å². The Bertz CT molecular complexity index is 1270. The summed E-state index contributed by atoms with van der Waals surface area (Å²) in [6.45, 7) is 0.746. The molecule has 0 unspecified atom stereocenters. The standard InChI is InChI=1S/C25H24FN5O3/c1-33-21-9-5-3-7-18(21)15-27-24-29-25(28-16-19-8-4-6-10-22(19)34-2)31(30-24)23(32)17-11-13-20(26)14-12-17/h3-14H,15-16H2,1-2H3,(H2,27,28,29,30). The number of carbonyl (C=O) groups excluding carboxylic acids is 1. The van der Waals surface area contributed by atoms with Crippen molar-refractivity contribution < 1.29 is 18.7 Å². The molecule has 0 bridgehead atoms. The smallest absolute Gasteiger partial charge is 0.281 e. The number of hydrogen-bond acceptors (Lipinski definition) is 7. The summed E-state index contributed by atoms with van der Waals surface area (Å²) in [5, 5.41) is 10.6. The number of rotatable bonds is 9. The molecule has 0 spiro atoms. The molecule has 0 atom stereocenters. The van der Waals surface area contributed by atoms with Crippen LogP contribution in [0.4, 0.5) is 16.3 Å². The molecule has 1 heterocycles. The van der Waals surface area contributed by atoms with E-state index in [0.717, 1.165) is 21.6 Å². The Morgan fingerprint density at radius 2 is 1.41 bits per heavy atom. The third kappa shape index (κ3) is 5.15. The van der Waals surface area contributed by atoms with Crippen LogP contribution in [0.25, 0.3) is 0 Å². The Hall–Kier alpha value is -4.40. The van der Waals surface area contributed by atoms with Gasteiger partial charge in [-0.1, -0.05) is 36.4 Å². The molecular weight excluding hydrogens is 437 g/mol. The van der Waals surface area contributed by atoms with Gasteiger partial charge in [0.2, 0.25) is 11.9 Å². The van der Waals surface area contributed by atoms with Gasteiger partial charge in [-0.05, 0) is 36.4 Å². The number of nitrogens with one attached hydrogen (secondary N) is 2. The molecule has 0 aliphatic carbocycles. The second-order valence-electron chi connectivity index (χ2n) is 7.31. The van der Waals surface area contributed by atoms with Gasteiger partial charge in [0.15, 0.2) is 0 Å². The number of nitrogens with zero attached hydrogens (tertiary/aromatic N) is 3. The van der Waals surface area contributed by atoms with E-state index in [4.69, 9.17) is 9.47 Å². The third-order valence-corrected chi connectivity index (χ3v) is 5.15. The zero-order valence-corrected chi connectivity index (χ0v) is 18.8. The molecule has 174 valence electrons. The average Bonchev–Trinajstić information content (AvgIpc) is 3.29. The summed E-state index contributed by atoms with van der Waals surface area (Å²) in [5.74, 6) is 1.06. The van der Waals surface area contributed by atoms with Crippen LogP contribution in [0, 0.1) is 5.82 Å². The first kappa shape index (κ1) is 22.8. The van der Waals surface area contributed by atoms with E-state index in [1.807, 2.05) is 48.5 Å². The molecule has 1 aromatic heterocycles. The molecule has 0 saturated carbocycles. The van der Waals surface area contributed by atoms with Gasteiger partial charge in [-0.25, -0.2) is 4.39 Å². The second kappa shape index (κ2) is 10.5. The number of methoxy groups -OCH3 is 2. The maximum atomic E-state index is 13.3. The highest BCUT2D eigenvalue weighted by molar-refractivity contribution is 5.97. The fourth-order valence-electron chi connectivity index (χ4n) is 3.40. The molecule has 0 fully saturated rings. The van der Waals surface area contributed by atoms with Crippen molar-refractivity contribution in [2.24, 2.45) is 0 Å². The largest absolute Gasteiger partial charge is 0.496 e. The van der Waals surface area contributed by atoms with Gasteiger partial charge in [0.05, 0.1) is 14.2 Å². The zero-order valence-electron chi connectivity index (χ0n) is 18.8. The highest BCUT2D eigenvalue weighted by atomic mass is 19.1. The Balaban J connectivity index is 1.60. The normalized spacial score (nSPS) is 10.6. The van der Waals surface area contributed by atoms with Crippen molar-refractivity contribution in [2.45, 2.75) is 13.1 Å². The van der Waals surface area contributed by atoms with Crippen LogP contribution in [-0.4, -0.2) is 34.9 Å². The fraction of sp³-hybridized carbons (Fsp3) is 0.160. The number of ether oxygens (including phenoxy) is 2. The predicted octanol–water partition coefficient (Wildman–Crippen LogP) is 4.35. The van der Waals surface area contributed by atoms with Crippen LogP contribution in [0.5, 0.6) is 11.5 Å². The number of hydrogen-bond donors (Lipinski definition) is 2. The molecular formula is C25H24FN5O3. The molecule has 8 nitrogen and oxygen atoms in total. The van der Waals surface area contributed by atoms with Crippen molar-refractivity contribution in [3.63, 3.8) is 0 Å². The molecule has 0 aliphatic rings. The fourth-order valence-corrected chi connectivity index (χ4v) is 3.40. The number of aromatic nitrogens is 3. The molecule has 4 rings (SSSR count). The summed E-state index contributed by atoms with van der Waals surface area (Å²) >= 11 is 0. The summed E-state index contributed by atoms with van der Waals surface area (Å²) in [5.41, 5.74) is 2.08. The number of benzene rings is 3. The topological polar surface area (TPSA) is 90.3 Å². The van der Waals surface area contributed by atoms with E-state index in [-0.39, 0.29) is 17.5 Å². The minimum Gasteiger partial charge on any atom is -0.496 e. The van der Waals surface area contributed by atoms with Crippen molar-refractivity contribution in [1.82, 2.24) is 14.8 Å². The second-order valence-corrected chi connectivity index (χ2v) is 7.31. The lowest BCUT2D eigenvalue weighted by atomic mass is 10.2. The lowest BCUT2D eigenvalue weighted by molar-refractivity contribution is 0.0947. The first-order chi connectivity index (χ1) is 16.6. The molecule has 0 saturated heterocycles. The molecule has 34 heavy (non-hydrogen) atoms. The Morgan fingerprint density at radius 1 is 0.853 bits per heavy atom. The molecule has 0 radical (unpaired) electrons. The Morgan fingerprint density at radius 3 is 2.00 bits per heavy atom. The van der Waals surface area contributed by atoms with E-state index in [1.165, 1.54) is 24.3 Å². The van der Waals surface area contributed by atoms with Crippen LogP contribution in [-0.2, 0) is 13.1 Å². The highest BCUT2D eigenvalue weighted by Gasteiger charge is 2.19. The first-order valence-electron chi connectivity index (χ1n) is 10.6. The van der Waals surface area contributed by atoms with Gasteiger partial charge in [0.1, 0.15) is 17.3 Å². The van der Waals surface area contributed by atoms with Crippen LogP contribution in [0.2, 0.25) is 0 Å². The average molecular weight is 461 g/mol. The monoisotopic (exact) mass is 461 g/mol. The van der Waals surface area contributed by atoms with E-state index in [0.29, 0.717) is 18.8 Å². The Kier molecular flexibility index (Phi) is 7.02. The summed E-state index contributed by atoms with van der Waals surface area (Å²) < 4.78 is 25.3. The quantitative estimate of drug-likeness (QED) is 0.383. The van der Waals surface area contributed by atoms with Gasteiger partial charge in [-0.15, -0.1) is 5.10 Å². The summed E-state index contributed by atoms with van der Waals surface area (Å²) in [4.78, 5) is 17.6. The molecule has 0 amide bonds. The lowest BCUT2D eigenvalue weighted by Crippen LogP contribution is -2.18. The van der Waals surface area contributed by atoms with E-state index >= 15 is 0 Å². The number of halogens is 1. The van der Waals surface area contributed by atoms with Crippen LogP contribution >= 0.6 is 0 Å². The maximum Gasteiger partial charge on any atom is 0.281 e. The van der Waals surface area contributed by atoms with E-state index in [9.17, 15) is 9.18 Å². The van der Waals surface area contributed by atoms with Gasteiger partial charge in [-0.3, -0.25) is 4.79 Å². The summed E-state index contributed by atoms with van der Waals surface area (Å²) in [7, 11) is 3.20. The SMILES string of the molecule is COc1ccccc1CNc1nc(NCc2ccccc2OC)n(C(=O)c2ccc(F)cc2)n1. The zero-order chi connectivity index (χ0) is 23.9. The number of carbonyl (C=O) groups is 1. The van der Waals surface area contributed by atoms with Crippen LogP contribution in [0.15, 0.2) is 72.8 Å². The minimum absolute atomic E-state index is 0.239. The molecule has 2 N–H and O–H groups in total. The van der Waals surface area contributed by atoms with Gasteiger partial charge in [0.25, 0.3) is 5.91 Å². The summed E-state index contributed by atoms with van der Waals surface area (Å²) in [6.07, 6.45) is 0. The molecule has 9 heteroatoms. The van der Waals surface area contributed by atoms with Crippen molar-refractivity contribution >= 4 is 17.8 Å². The highest BCUT2D eigenvalue weighted by Crippen LogP contribution is 2.21. The van der Waals surface area contributed by atoms with E-state index < -0.39 is 11.7 Å². The molecule has 0 aliphatic heterocycles. The van der Waals surface area contributed by atoms with Gasteiger partial charge < -0.3 is 20.1 Å². The van der Waals surface area contributed by atoms with Crippen molar-refractivity contribution in [3.05, 3.63) is 95.3 Å². The summed E-state index contributed by atoms with van der Waals surface area (Å²) in [6, 6.07) is 20.4. The van der Waals surface area contributed by atoms with Crippen molar-refractivity contribution in [2.75, 3.05) is 24.9 Å². The van der Waals surface area contributed by atoms with Crippen molar-refractivity contribution in [3.8, 4) is 11.5 Å². The third-order valence-electron chi connectivity index (χ3n) is 5.15. The Labute approximate surface area is 196 Å². The lowest BCUT2D eigenvalue weighted by Gasteiger charge is -2.10. The first-order valence-corrected chi connectivity index (χ1v) is 10.6. The minimum atomic E-state index is -0.444. The molecule has 4 aromatic rings. The van der Waals surface area contributed by atoms with Gasteiger partial charge >= 0.3 is 0 Å². The predicted molar refractivity (Wildman–Crippen MR) is 127 cm³/mol. The molecule has 3 aromatic carbocycles. The van der Waals surface area contributed by atoms with Gasteiger partial charge in [0, 0.05) is 29.8 Å². The number of anilines is 2. The van der Waals surface area contributed by atoms with E-state index in [2.05, 4.69) is 20.7 Å².